The van der Waals surface area contributed by atoms with Crippen LogP contribution >= 0.6 is 15.9 Å². The minimum atomic E-state index is 0.768. The number of fused-ring (bicyclic) bond motifs is 1. The van der Waals surface area contributed by atoms with E-state index in [2.05, 4.69) is 49.1 Å². The molecule has 4 nitrogen and oxygen atoms in total. The number of nitrogens with zero attached hydrogens (tertiary/aromatic N) is 3. The number of nitrogens with one attached hydrogen (secondary N) is 1. The van der Waals surface area contributed by atoms with Gasteiger partial charge in [0.1, 0.15) is 5.52 Å². The number of hydrogen-bond acceptors (Lipinski definition) is 4. The van der Waals surface area contributed by atoms with Crippen molar-refractivity contribution in [1.29, 1.82) is 0 Å². The predicted octanol–water partition coefficient (Wildman–Crippen LogP) is 3.22. The molecule has 0 radical (unpaired) electrons. The first kappa shape index (κ1) is 14.7. The zero-order valence-corrected chi connectivity index (χ0v) is 13.9. The highest BCUT2D eigenvalue weighted by Gasteiger charge is 2.18. The standard InChI is InChI=1S/C16H21BrN4/c1-2-21(11-12-3-6-18-7-4-12)15-5-8-19-14-9-13(17)10-20-16(14)15/h5,8-10,12,18H,2-4,6-7,11H2,1H3. The van der Waals surface area contributed by atoms with Crippen LogP contribution in [0.25, 0.3) is 11.0 Å². The summed E-state index contributed by atoms with van der Waals surface area (Å²) < 4.78 is 0.973. The van der Waals surface area contributed by atoms with Crippen LogP contribution in [0.5, 0.6) is 0 Å². The number of rotatable bonds is 4. The molecule has 112 valence electrons. The van der Waals surface area contributed by atoms with E-state index in [1.54, 1.807) is 0 Å². The average molecular weight is 349 g/mol. The second-order valence-corrected chi connectivity index (χ2v) is 6.50. The lowest BCUT2D eigenvalue weighted by Gasteiger charge is -2.31. The zero-order valence-electron chi connectivity index (χ0n) is 12.3. The number of pyridine rings is 2. The Morgan fingerprint density at radius 3 is 2.90 bits per heavy atom. The van der Waals surface area contributed by atoms with Crippen LogP contribution < -0.4 is 10.2 Å². The summed E-state index contributed by atoms with van der Waals surface area (Å²) in [5.74, 6) is 0.768. The molecular weight excluding hydrogens is 328 g/mol. The van der Waals surface area contributed by atoms with Gasteiger partial charge in [0.05, 0.1) is 11.2 Å². The number of anilines is 1. The van der Waals surface area contributed by atoms with Crippen LogP contribution in [-0.4, -0.2) is 36.1 Å². The minimum Gasteiger partial charge on any atom is -0.370 e. The molecule has 5 heteroatoms. The van der Waals surface area contributed by atoms with Gasteiger partial charge in [0.2, 0.25) is 0 Å². The summed E-state index contributed by atoms with van der Waals surface area (Å²) in [6.45, 7) is 6.61. The van der Waals surface area contributed by atoms with Crippen LogP contribution in [0, 0.1) is 5.92 Å². The Morgan fingerprint density at radius 2 is 2.14 bits per heavy atom. The molecular formula is C16H21BrN4. The van der Waals surface area contributed by atoms with Gasteiger partial charge in [-0.1, -0.05) is 0 Å². The highest BCUT2D eigenvalue weighted by molar-refractivity contribution is 9.10. The van der Waals surface area contributed by atoms with E-state index in [4.69, 9.17) is 0 Å². The van der Waals surface area contributed by atoms with E-state index >= 15 is 0 Å². The van der Waals surface area contributed by atoms with Gasteiger partial charge in [-0.3, -0.25) is 9.97 Å². The van der Waals surface area contributed by atoms with Crippen molar-refractivity contribution in [3.63, 3.8) is 0 Å². The largest absolute Gasteiger partial charge is 0.370 e. The molecule has 1 N–H and O–H groups in total. The van der Waals surface area contributed by atoms with E-state index in [0.717, 1.165) is 47.6 Å². The summed E-state index contributed by atoms with van der Waals surface area (Å²) in [6.07, 6.45) is 6.26. The van der Waals surface area contributed by atoms with E-state index in [9.17, 15) is 0 Å². The van der Waals surface area contributed by atoms with E-state index in [1.165, 1.54) is 18.5 Å². The number of aromatic nitrogens is 2. The average Bonchev–Trinajstić information content (AvgIpc) is 2.53. The Bertz CT molecular complexity index is 610. The molecule has 1 fully saturated rings. The minimum absolute atomic E-state index is 0.768. The van der Waals surface area contributed by atoms with Crippen LogP contribution in [0.4, 0.5) is 5.69 Å². The summed E-state index contributed by atoms with van der Waals surface area (Å²) in [5, 5.41) is 3.44. The van der Waals surface area contributed by atoms with Crippen molar-refractivity contribution in [2.24, 2.45) is 5.92 Å². The molecule has 0 spiro atoms. The maximum Gasteiger partial charge on any atom is 0.112 e. The molecule has 0 amide bonds. The molecule has 3 heterocycles. The molecule has 3 rings (SSSR count). The predicted molar refractivity (Wildman–Crippen MR) is 90.7 cm³/mol. The molecule has 0 bridgehead atoms. The molecule has 21 heavy (non-hydrogen) atoms. The van der Waals surface area contributed by atoms with Gasteiger partial charge in [0.25, 0.3) is 0 Å². The molecule has 2 aromatic heterocycles. The maximum absolute atomic E-state index is 4.58. The van der Waals surface area contributed by atoms with Gasteiger partial charge in [0, 0.05) is 30.0 Å². The van der Waals surface area contributed by atoms with Crippen LogP contribution in [0.3, 0.4) is 0 Å². The highest BCUT2D eigenvalue weighted by atomic mass is 79.9. The lowest BCUT2D eigenvalue weighted by molar-refractivity contribution is 0.375. The fourth-order valence-electron chi connectivity index (χ4n) is 3.02. The van der Waals surface area contributed by atoms with Gasteiger partial charge in [-0.05, 0) is 66.8 Å². The number of halogens is 1. The van der Waals surface area contributed by atoms with Crippen molar-refractivity contribution in [2.45, 2.75) is 19.8 Å². The van der Waals surface area contributed by atoms with Gasteiger partial charge in [-0.2, -0.15) is 0 Å². The molecule has 0 aromatic carbocycles. The van der Waals surface area contributed by atoms with Crippen molar-refractivity contribution in [3.05, 3.63) is 29.0 Å². The monoisotopic (exact) mass is 348 g/mol. The Labute approximate surface area is 134 Å². The lowest BCUT2D eigenvalue weighted by Crippen LogP contribution is -2.36. The van der Waals surface area contributed by atoms with Gasteiger partial charge < -0.3 is 10.2 Å². The second-order valence-electron chi connectivity index (χ2n) is 5.58. The molecule has 0 atom stereocenters. The van der Waals surface area contributed by atoms with Crippen molar-refractivity contribution in [1.82, 2.24) is 15.3 Å². The third-order valence-corrected chi connectivity index (χ3v) is 4.62. The molecule has 1 saturated heterocycles. The third-order valence-electron chi connectivity index (χ3n) is 4.18. The second kappa shape index (κ2) is 6.71. The zero-order chi connectivity index (χ0) is 14.7. The summed E-state index contributed by atoms with van der Waals surface area (Å²) in [5.41, 5.74) is 3.15. The first-order valence-electron chi connectivity index (χ1n) is 7.64. The normalized spacial score (nSPS) is 16.3. The maximum atomic E-state index is 4.58. The lowest BCUT2D eigenvalue weighted by atomic mass is 9.97. The topological polar surface area (TPSA) is 41.0 Å². The van der Waals surface area contributed by atoms with Gasteiger partial charge in [0.15, 0.2) is 0 Å². The van der Waals surface area contributed by atoms with Crippen molar-refractivity contribution in [2.75, 3.05) is 31.1 Å². The Balaban J connectivity index is 1.89. The molecule has 0 unspecified atom stereocenters. The fraction of sp³-hybridized carbons (Fsp3) is 0.500. The quantitative estimate of drug-likeness (QED) is 0.920. The molecule has 0 aliphatic carbocycles. The number of piperidine rings is 1. The molecule has 1 aliphatic rings. The van der Waals surface area contributed by atoms with Gasteiger partial charge in [-0.25, -0.2) is 0 Å². The van der Waals surface area contributed by atoms with Crippen LogP contribution in [0.2, 0.25) is 0 Å². The fourth-order valence-corrected chi connectivity index (χ4v) is 3.34. The van der Waals surface area contributed by atoms with Crippen LogP contribution in [0.15, 0.2) is 29.0 Å². The smallest absolute Gasteiger partial charge is 0.112 e. The third kappa shape index (κ3) is 3.35. The van der Waals surface area contributed by atoms with Crippen LogP contribution in [0.1, 0.15) is 19.8 Å². The van der Waals surface area contributed by atoms with Crippen LogP contribution in [-0.2, 0) is 0 Å². The van der Waals surface area contributed by atoms with Crippen molar-refractivity contribution < 1.29 is 0 Å². The Morgan fingerprint density at radius 1 is 1.33 bits per heavy atom. The first-order valence-corrected chi connectivity index (χ1v) is 8.43. The van der Waals surface area contributed by atoms with Crippen molar-refractivity contribution >= 4 is 32.7 Å². The van der Waals surface area contributed by atoms with Gasteiger partial charge in [-0.15, -0.1) is 0 Å². The molecule has 0 saturated carbocycles. The van der Waals surface area contributed by atoms with E-state index in [1.807, 2.05) is 18.5 Å². The molecule has 1 aliphatic heterocycles. The summed E-state index contributed by atoms with van der Waals surface area (Å²) in [4.78, 5) is 11.5. The van der Waals surface area contributed by atoms with E-state index in [0.29, 0.717) is 0 Å². The summed E-state index contributed by atoms with van der Waals surface area (Å²) >= 11 is 3.47. The number of hydrogen-bond donors (Lipinski definition) is 1. The molecule has 2 aromatic rings. The Kier molecular flexibility index (Phi) is 4.70. The SMILES string of the molecule is CCN(CC1CCNCC1)c1ccnc2cc(Br)cnc12. The Hall–Kier alpha value is -1.20. The van der Waals surface area contributed by atoms with Gasteiger partial charge >= 0.3 is 0 Å². The van der Waals surface area contributed by atoms with E-state index < -0.39 is 0 Å². The first-order chi connectivity index (χ1) is 10.3. The summed E-state index contributed by atoms with van der Waals surface area (Å²) in [7, 11) is 0. The van der Waals surface area contributed by atoms with Crippen molar-refractivity contribution in [3.8, 4) is 0 Å². The highest BCUT2D eigenvalue weighted by Crippen LogP contribution is 2.27. The van der Waals surface area contributed by atoms with E-state index in [-0.39, 0.29) is 0 Å². The summed E-state index contributed by atoms with van der Waals surface area (Å²) in [6, 6.07) is 4.12.